The molecule has 0 radical (unpaired) electrons. The van der Waals surface area contributed by atoms with E-state index in [4.69, 9.17) is 8.37 Å². The van der Waals surface area contributed by atoms with Crippen LogP contribution < -0.4 is 0 Å². The second-order valence-electron chi connectivity index (χ2n) is 5.07. The van der Waals surface area contributed by atoms with Crippen LogP contribution in [-0.4, -0.2) is 42.6 Å². The summed E-state index contributed by atoms with van der Waals surface area (Å²) in [6, 6.07) is 0. The van der Waals surface area contributed by atoms with Crippen LogP contribution in [0.2, 0.25) is 0 Å². The fraction of sp³-hybridized carbons (Fsp3) is 1.00. The molecule has 0 aromatic carbocycles. The second kappa shape index (κ2) is 8.96. The average Bonchev–Trinajstić information content (AvgIpc) is 2.28. The van der Waals surface area contributed by atoms with E-state index in [-0.39, 0.29) is 25.0 Å². The quantitative estimate of drug-likeness (QED) is 0.537. The Labute approximate surface area is 123 Å². The van der Waals surface area contributed by atoms with Gasteiger partial charge in [0.2, 0.25) is 0 Å². The van der Waals surface area contributed by atoms with Crippen molar-refractivity contribution in [3.63, 3.8) is 0 Å². The smallest absolute Gasteiger partial charge is 0.264 e. The summed E-state index contributed by atoms with van der Waals surface area (Å²) in [6.07, 6.45) is 5.31. The van der Waals surface area contributed by atoms with Crippen LogP contribution in [0.3, 0.4) is 0 Å². The zero-order valence-electron chi connectivity index (χ0n) is 12.7. The Balaban J connectivity index is 4.74. The van der Waals surface area contributed by atoms with Gasteiger partial charge in [-0.3, -0.25) is 8.37 Å². The lowest BCUT2D eigenvalue weighted by atomic mass is 9.86. The van der Waals surface area contributed by atoms with E-state index in [1.54, 1.807) is 0 Å². The van der Waals surface area contributed by atoms with E-state index >= 15 is 0 Å². The summed E-state index contributed by atoms with van der Waals surface area (Å²) < 4.78 is 54.1. The lowest BCUT2D eigenvalue weighted by Crippen LogP contribution is -2.26. The summed E-state index contributed by atoms with van der Waals surface area (Å²) in [5.74, 6) is -0.0622. The number of rotatable bonds is 11. The zero-order chi connectivity index (χ0) is 15.8. The van der Waals surface area contributed by atoms with Gasteiger partial charge in [-0.2, -0.15) is 16.8 Å². The molecule has 0 saturated heterocycles. The number of hydrogen-bond donors (Lipinski definition) is 0. The van der Waals surface area contributed by atoms with Crippen LogP contribution in [0.5, 0.6) is 0 Å². The van der Waals surface area contributed by atoms with Crippen molar-refractivity contribution in [2.75, 3.05) is 25.7 Å². The van der Waals surface area contributed by atoms with E-state index < -0.39 is 20.2 Å². The van der Waals surface area contributed by atoms with Crippen molar-refractivity contribution in [1.82, 2.24) is 0 Å². The van der Waals surface area contributed by atoms with Crippen LogP contribution in [0.4, 0.5) is 0 Å². The van der Waals surface area contributed by atoms with Gasteiger partial charge in [0.25, 0.3) is 20.2 Å². The molecular formula is C12H26O6S2. The Morgan fingerprint density at radius 2 is 1.05 bits per heavy atom. The predicted molar refractivity (Wildman–Crippen MR) is 78.4 cm³/mol. The molecule has 0 aromatic heterocycles. The van der Waals surface area contributed by atoms with Gasteiger partial charge in [0.15, 0.2) is 0 Å². The highest BCUT2D eigenvalue weighted by molar-refractivity contribution is 7.86. The molecular weight excluding hydrogens is 304 g/mol. The molecule has 122 valence electrons. The lowest BCUT2D eigenvalue weighted by Gasteiger charge is -2.25. The highest BCUT2D eigenvalue weighted by Gasteiger charge is 2.23. The van der Waals surface area contributed by atoms with Gasteiger partial charge in [-0.15, -0.1) is 0 Å². The first-order valence-electron chi connectivity index (χ1n) is 6.77. The summed E-state index contributed by atoms with van der Waals surface area (Å²) in [5, 5.41) is 0. The molecule has 8 heteroatoms. The normalized spacial score (nSPS) is 16.0. The van der Waals surface area contributed by atoms with Crippen LogP contribution in [0.15, 0.2) is 0 Å². The maximum Gasteiger partial charge on any atom is 0.264 e. The molecule has 0 amide bonds. The third kappa shape index (κ3) is 10.6. The summed E-state index contributed by atoms with van der Waals surface area (Å²) in [6.45, 7) is 4.14. The SMILES string of the molecule is CCC[C@@H](COS(C)(=O)=O)[C@@H](CCC)COS(C)(=O)=O. The van der Waals surface area contributed by atoms with Crippen molar-refractivity contribution >= 4 is 20.2 Å². The van der Waals surface area contributed by atoms with Crippen molar-refractivity contribution in [2.45, 2.75) is 39.5 Å². The first-order valence-corrected chi connectivity index (χ1v) is 10.4. The summed E-state index contributed by atoms with van der Waals surface area (Å²) >= 11 is 0. The minimum absolute atomic E-state index is 0.0311. The zero-order valence-corrected chi connectivity index (χ0v) is 14.3. The molecule has 0 aliphatic rings. The average molecular weight is 330 g/mol. The molecule has 0 fully saturated rings. The molecule has 0 heterocycles. The molecule has 0 spiro atoms. The van der Waals surface area contributed by atoms with Crippen molar-refractivity contribution in [3.05, 3.63) is 0 Å². The van der Waals surface area contributed by atoms with Gasteiger partial charge in [0, 0.05) is 0 Å². The van der Waals surface area contributed by atoms with E-state index in [1.807, 2.05) is 13.8 Å². The Hall–Kier alpha value is -0.180. The predicted octanol–water partition coefficient (Wildman–Crippen LogP) is 1.77. The fourth-order valence-electron chi connectivity index (χ4n) is 2.07. The molecule has 2 atom stereocenters. The Kier molecular flexibility index (Phi) is 8.88. The van der Waals surface area contributed by atoms with Crippen LogP contribution >= 0.6 is 0 Å². The largest absolute Gasteiger partial charge is 0.270 e. The highest BCUT2D eigenvalue weighted by Crippen LogP contribution is 2.24. The summed E-state index contributed by atoms with van der Waals surface area (Å²) in [7, 11) is -6.98. The first-order chi connectivity index (χ1) is 9.09. The molecule has 0 aliphatic heterocycles. The Morgan fingerprint density at radius 1 is 0.750 bits per heavy atom. The molecule has 0 rings (SSSR count). The molecule has 20 heavy (non-hydrogen) atoms. The van der Waals surface area contributed by atoms with Crippen molar-refractivity contribution in [3.8, 4) is 0 Å². The van der Waals surface area contributed by atoms with E-state index in [2.05, 4.69) is 0 Å². The second-order valence-corrected chi connectivity index (χ2v) is 8.36. The third-order valence-corrected chi connectivity index (χ3v) is 4.11. The first kappa shape index (κ1) is 19.8. The van der Waals surface area contributed by atoms with E-state index in [0.717, 1.165) is 38.2 Å². The van der Waals surface area contributed by atoms with E-state index in [0.29, 0.717) is 0 Å². The van der Waals surface area contributed by atoms with Gasteiger partial charge in [-0.05, 0) is 24.7 Å². The Morgan fingerprint density at radius 3 is 1.25 bits per heavy atom. The fourth-order valence-corrected chi connectivity index (χ4v) is 2.92. The van der Waals surface area contributed by atoms with E-state index in [9.17, 15) is 16.8 Å². The monoisotopic (exact) mass is 330 g/mol. The van der Waals surface area contributed by atoms with Crippen LogP contribution in [0, 0.1) is 11.8 Å². The van der Waals surface area contributed by atoms with Crippen molar-refractivity contribution in [1.29, 1.82) is 0 Å². The van der Waals surface area contributed by atoms with E-state index in [1.165, 1.54) is 0 Å². The number of hydrogen-bond acceptors (Lipinski definition) is 6. The molecule has 0 aromatic rings. The van der Waals surface area contributed by atoms with Crippen LogP contribution in [0.25, 0.3) is 0 Å². The highest BCUT2D eigenvalue weighted by atomic mass is 32.2. The van der Waals surface area contributed by atoms with Crippen LogP contribution in [0.1, 0.15) is 39.5 Å². The molecule has 0 aliphatic carbocycles. The Bertz CT molecular complexity index is 410. The molecule has 0 unspecified atom stereocenters. The minimum Gasteiger partial charge on any atom is -0.270 e. The van der Waals surface area contributed by atoms with Crippen molar-refractivity contribution < 1.29 is 25.2 Å². The molecule has 0 saturated carbocycles. The molecule has 6 nitrogen and oxygen atoms in total. The topological polar surface area (TPSA) is 86.7 Å². The standard InChI is InChI=1S/C12H26O6S2/c1-5-7-11(9-17-19(3,13)14)12(8-6-2)10-18-20(4,15)16/h11-12H,5-10H2,1-4H3/t11-,12-/m0/s1. The van der Waals surface area contributed by atoms with Gasteiger partial charge in [0.05, 0.1) is 25.7 Å². The van der Waals surface area contributed by atoms with Crippen molar-refractivity contribution in [2.24, 2.45) is 11.8 Å². The lowest BCUT2D eigenvalue weighted by molar-refractivity contribution is 0.133. The van der Waals surface area contributed by atoms with Gasteiger partial charge in [-0.1, -0.05) is 26.7 Å². The molecule has 0 bridgehead atoms. The van der Waals surface area contributed by atoms with Gasteiger partial charge in [-0.25, -0.2) is 0 Å². The third-order valence-electron chi connectivity index (χ3n) is 2.98. The minimum atomic E-state index is -3.49. The van der Waals surface area contributed by atoms with Gasteiger partial charge >= 0.3 is 0 Å². The van der Waals surface area contributed by atoms with Crippen LogP contribution in [-0.2, 0) is 28.6 Å². The molecule has 0 N–H and O–H groups in total. The summed E-state index contributed by atoms with van der Waals surface area (Å²) in [5.41, 5.74) is 0. The van der Waals surface area contributed by atoms with Gasteiger partial charge < -0.3 is 0 Å². The maximum atomic E-state index is 11.1. The maximum absolute atomic E-state index is 11.1. The van der Waals surface area contributed by atoms with Gasteiger partial charge in [0.1, 0.15) is 0 Å². The summed E-state index contributed by atoms with van der Waals surface area (Å²) in [4.78, 5) is 0.